The summed E-state index contributed by atoms with van der Waals surface area (Å²) in [6.45, 7) is 11.7. The molecule has 29 heavy (non-hydrogen) atoms. The molecule has 1 fully saturated rings. The van der Waals surface area contributed by atoms with Crippen molar-refractivity contribution < 1.29 is 23.8 Å². The molecule has 2 heterocycles. The first-order valence-corrected chi connectivity index (χ1v) is 12.5. The van der Waals surface area contributed by atoms with Crippen LogP contribution in [0, 0.1) is 0 Å². The lowest BCUT2D eigenvalue weighted by Gasteiger charge is -2.39. The number of ether oxygens (including phenoxy) is 2. The summed E-state index contributed by atoms with van der Waals surface area (Å²) in [5, 5.41) is 9.67. The van der Waals surface area contributed by atoms with Crippen molar-refractivity contribution in [3.63, 3.8) is 0 Å². The minimum absolute atomic E-state index is 0.153. The highest BCUT2D eigenvalue weighted by molar-refractivity contribution is 6.74. The number of aromatic nitrogens is 2. The zero-order valence-electron chi connectivity index (χ0n) is 17.7. The standard InChI is InChI=1S/C19H30N2O7Si/c1-7-26-15(24)10-12-13(11-22)27-17(21-9-8-14(23)20-18(21)25)16(12)28-29(5,6)19(2,3)4/h8-10,13,16-17,22H,7,11H2,1-6H3,(H,20,23,25)/b12-10+/t13-,16-,17-/m1/s1. The van der Waals surface area contributed by atoms with E-state index in [1.165, 1.54) is 22.9 Å². The van der Waals surface area contributed by atoms with Crippen LogP contribution >= 0.6 is 0 Å². The van der Waals surface area contributed by atoms with Crippen molar-refractivity contribution in [2.45, 2.75) is 64.3 Å². The molecule has 2 N–H and O–H groups in total. The Balaban J connectivity index is 2.58. The SMILES string of the molecule is CCOC(=O)/C=C1/[C@@H](O[Si](C)(C)C(C)(C)C)[C@H](n2ccc(=O)[nH]c2=O)O[C@@H]1CO. The van der Waals surface area contributed by atoms with Crippen molar-refractivity contribution in [2.75, 3.05) is 13.2 Å². The number of aliphatic hydroxyl groups excluding tert-OH is 1. The fourth-order valence-electron chi connectivity index (χ4n) is 2.77. The van der Waals surface area contributed by atoms with Gasteiger partial charge in [0.25, 0.3) is 5.56 Å². The third-order valence-corrected chi connectivity index (χ3v) is 9.81. The van der Waals surface area contributed by atoms with Gasteiger partial charge in [0, 0.05) is 18.3 Å². The molecule has 0 radical (unpaired) electrons. The first-order chi connectivity index (χ1) is 13.4. The van der Waals surface area contributed by atoms with Crippen molar-refractivity contribution in [1.29, 1.82) is 0 Å². The molecule has 1 aliphatic rings. The number of aliphatic hydroxyl groups is 1. The maximum Gasteiger partial charge on any atom is 0.330 e. The molecule has 0 aliphatic carbocycles. The Morgan fingerprint density at radius 1 is 1.38 bits per heavy atom. The normalized spacial score (nSPS) is 24.1. The minimum Gasteiger partial charge on any atom is -0.463 e. The lowest BCUT2D eigenvalue weighted by atomic mass is 10.1. The molecule has 1 aromatic rings. The summed E-state index contributed by atoms with van der Waals surface area (Å²) in [6.07, 6.45) is -0.0283. The van der Waals surface area contributed by atoms with E-state index in [2.05, 4.69) is 25.8 Å². The topological polar surface area (TPSA) is 120 Å². The van der Waals surface area contributed by atoms with Gasteiger partial charge < -0.3 is 19.0 Å². The zero-order chi connectivity index (χ0) is 22.0. The van der Waals surface area contributed by atoms with Crippen LogP contribution in [-0.4, -0.2) is 54.4 Å². The summed E-state index contributed by atoms with van der Waals surface area (Å²) in [7, 11) is -2.37. The Kier molecular flexibility index (Phi) is 7.04. The highest BCUT2D eigenvalue weighted by atomic mass is 28.4. The molecule has 0 aromatic carbocycles. The van der Waals surface area contributed by atoms with Crippen molar-refractivity contribution in [3.8, 4) is 0 Å². The number of carbonyl (C=O) groups excluding carboxylic acids is 1. The van der Waals surface area contributed by atoms with Crippen LogP contribution in [0.2, 0.25) is 18.1 Å². The van der Waals surface area contributed by atoms with Crippen LogP contribution in [0.15, 0.2) is 33.5 Å². The first-order valence-electron chi connectivity index (χ1n) is 9.55. The number of nitrogens with one attached hydrogen (secondary N) is 1. The molecule has 10 heteroatoms. The quantitative estimate of drug-likeness (QED) is 0.400. The molecule has 3 atom stereocenters. The largest absolute Gasteiger partial charge is 0.463 e. The van der Waals surface area contributed by atoms with Crippen LogP contribution in [0.5, 0.6) is 0 Å². The van der Waals surface area contributed by atoms with Crippen LogP contribution in [0.4, 0.5) is 0 Å². The Hall–Kier alpha value is -2.01. The van der Waals surface area contributed by atoms with Crippen molar-refractivity contribution in [2.24, 2.45) is 0 Å². The van der Waals surface area contributed by atoms with E-state index in [0.29, 0.717) is 5.57 Å². The monoisotopic (exact) mass is 426 g/mol. The Morgan fingerprint density at radius 3 is 2.55 bits per heavy atom. The number of carbonyl (C=O) groups is 1. The molecule has 0 spiro atoms. The molecule has 9 nitrogen and oxygen atoms in total. The van der Waals surface area contributed by atoms with E-state index in [0.717, 1.165) is 0 Å². The van der Waals surface area contributed by atoms with Crippen LogP contribution < -0.4 is 11.2 Å². The Bertz CT molecular complexity index is 882. The van der Waals surface area contributed by atoms with Gasteiger partial charge in [-0.2, -0.15) is 0 Å². The fraction of sp³-hybridized carbons (Fsp3) is 0.632. The summed E-state index contributed by atoms with van der Waals surface area (Å²) in [6, 6.07) is 1.20. The number of H-pyrrole nitrogens is 1. The number of nitrogens with zero attached hydrogens (tertiary/aromatic N) is 1. The zero-order valence-corrected chi connectivity index (χ0v) is 18.7. The summed E-state index contributed by atoms with van der Waals surface area (Å²) < 4.78 is 18.6. The predicted octanol–water partition coefficient (Wildman–Crippen LogP) is 1.31. The molecule has 1 saturated heterocycles. The fourth-order valence-corrected chi connectivity index (χ4v) is 4.01. The molecule has 1 aliphatic heterocycles. The van der Waals surface area contributed by atoms with Gasteiger partial charge in [-0.25, -0.2) is 9.59 Å². The summed E-state index contributed by atoms with van der Waals surface area (Å²) >= 11 is 0. The predicted molar refractivity (Wildman–Crippen MR) is 109 cm³/mol. The summed E-state index contributed by atoms with van der Waals surface area (Å²) in [5.74, 6) is -0.581. The smallest absolute Gasteiger partial charge is 0.330 e. The van der Waals surface area contributed by atoms with Crippen LogP contribution in [-0.2, 0) is 18.7 Å². The number of hydrogen-bond donors (Lipinski definition) is 2. The van der Waals surface area contributed by atoms with Gasteiger partial charge in [-0.3, -0.25) is 14.3 Å². The second-order valence-corrected chi connectivity index (χ2v) is 13.2. The lowest BCUT2D eigenvalue weighted by Crippen LogP contribution is -2.47. The van der Waals surface area contributed by atoms with Crippen molar-refractivity contribution in [1.82, 2.24) is 9.55 Å². The van der Waals surface area contributed by atoms with E-state index in [-0.39, 0.29) is 11.6 Å². The second kappa shape index (κ2) is 8.78. The summed E-state index contributed by atoms with van der Waals surface area (Å²) in [4.78, 5) is 38.1. The molecule has 1 aromatic heterocycles. The number of hydrogen-bond acceptors (Lipinski definition) is 7. The Morgan fingerprint density at radius 2 is 2.03 bits per heavy atom. The van der Waals surface area contributed by atoms with Gasteiger partial charge >= 0.3 is 11.7 Å². The molecule has 0 bridgehead atoms. The van der Waals surface area contributed by atoms with Crippen LogP contribution in [0.3, 0.4) is 0 Å². The molecule has 2 rings (SSSR count). The molecule has 0 saturated carbocycles. The molecular formula is C19H30N2O7Si. The van der Waals surface area contributed by atoms with Crippen molar-refractivity contribution in [3.05, 3.63) is 44.8 Å². The molecule has 0 unspecified atom stereocenters. The average Bonchev–Trinajstić information content (AvgIpc) is 2.91. The van der Waals surface area contributed by atoms with Gasteiger partial charge in [0.2, 0.25) is 0 Å². The summed E-state index contributed by atoms with van der Waals surface area (Å²) in [5.41, 5.74) is -0.800. The van der Waals surface area contributed by atoms with Gasteiger partial charge in [0.15, 0.2) is 14.5 Å². The number of rotatable bonds is 6. The Labute approximate surface area is 170 Å². The molecule has 162 valence electrons. The van der Waals surface area contributed by atoms with E-state index < -0.39 is 50.6 Å². The van der Waals surface area contributed by atoms with E-state index in [1.54, 1.807) is 6.92 Å². The maximum absolute atomic E-state index is 12.4. The van der Waals surface area contributed by atoms with E-state index in [4.69, 9.17) is 13.9 Å². The third-order valence-electron chi connectivity index (χ3n) is 5.35. The van der Waals surface area contributed by atoms with E-state index in [1.807, 2.05) is 13.1 Å². The highest BCUT2D eigenvalue weighted by Crippen LogP contribution is 2.43. The van der Waals surface area contributed by atoms with E-state index >= 15 is 0 Å². The van der Waals surface area contributed by atoms with Gasteiger partial charge in [0.1, 0.15) is 12.2 Å². The third kappa shape index (κ3) is 5.13. The first kappa shape index (κ1) is 23.3. The number of esters is 1. The molecule has 0 amide bonds. The van der Waals surface area contributed by atoms with E-state index in [9.17, 15) is 19.5 Å². The second-order valence-electron chi connectivity index (χ2n) is 8.41. The maximum atomic E-state index is 12.4. The average molecular weight is 427 g/mol. The highest BCUT2D eigenvalue weighted by Gasteiger charge is 2.48. The van der Waals surface area contributed by atoms with Gasteiger partial charge in [-0.15, -0.1) is 0 Å². The molecular weight excluding hydrogens is 396 g/mol. The van der Waals surface area contributed by atoms with Gasteiger partial charge in [0.05, 0.1) is 13.2 Å². The lowest BCUT2D eigenvalue weighted by molar-refractivity contribution is -0.137. The minimum atomic E-state index is -2.37. The number of aromatic amines is 1. The van der Waals surface area contributed by atoms with Gasteiger partial charge in [-0.05, 0) is 30.6 Å². The van der Waals surface area contributed by atoms with Crippen molar-refractivity contribution >= 4 is 14.3 Å². The van der Waals surface area contributed by atoms with Crippen LogP contribution in [0.25, 0.3) is 0 Å². The van der Waals surface area contributed by atoms with Crippen LogP contribution in [0.1, 0.15) is 33.9 Å². The van der Waals surface area contributed by atoms with Gasteiger partial charge in [-0.1, -0.05) is 20.8 Å².